The molecule has 0 unspecified atom stereocenters. The summed E-state index contributed by atoms with van der Waals surface area (Å²) >= 11 is 0. The highest BCUT2D eigenvalue weighted by Crippen LogP contribution is 2.24. The lowest BCUT2D eigenvalue weighted by Gasteiger charge is -2.26. The topological polar surface area (TPSA) is 98.4 Å². The van der Waals surface area contributed by atoms with Crippen LogP contribution in [-0.4, -0.2) is 41.3 Å². The van der Waals surface area contributed by atoms with Crippen LogP contribution in [0.15, 0.2) is 43.0 Å². The van der Waals surface area contributed by atoms with Crippen LogP contribution in [0.3, 0.4) is 0 Å². The maximum Gasteiger partial charge on any atom is 0.241 e. The average Bonchev–Trinajstić information content (AvgIpc) is 3.29. The number of rotatable bonds is 3. The molecule has 4 heterocycles. The minimum atomic E-state index is 0.337. The van der Waals surface area contributed by atoms with Crippen LogP contribution in [0, 0.1) is 0 Å². The molecular formula is C18H20N8. The summed E-state index contributed by atoms with van der Waals surface area (Å²) in [6, 6.07) is 6.67. The highest BCUT2D eigenvalue weighted by Gasteiger charge is 2.19. The van der Waals surface area contributed by atoms with Crippen molar-refractivity contribution in [3.05, 3.63) is 43.0 Å². The Labute approximate surface area is 150 Å². The van der Waals surface area contributed by atoms with Gasteiger partial charge in [0.15, 0.2) is 5.65 Å². The third kappa shape index (κ3) is 2.68. The van der Waals surface area contributed by atoms with E-state index in [4.69, 9.17) is 5.73 Å². The number of hydrogen-bond donors (Lipinski definition) is 2. The maximum absolute atomic E-state index is 5.98. The van der Waals surface area contributed by atoms with Crippen molar-refractivity contribution in [2.45, 2.75) is 37.8 Å². The third-order valence-electron chi connectivity index (χ3n) is 5.05. The first-order chi connectivity index (χ1) is 12.8. The van der Waals surface area contributed by atoms with Crippen LogP contribution in [0.4, 0.5) is 5.95 Å². The number of anilines is 1. The van der Waals surface area contributed by atoms with E-state index in [2.05, 4.69) is 25.5 Å². The fourth-order valence-electron chi connectivity index (χ4n) is 3.59. The van der Waals surface area contributed by atoms with Crippen molar-refractivity contribution in [1.29, 1.82) is 0 Å². The molecule has 0 spiro atoms. The molecule has 1 aliphatic carbocycles. The van der Waals surface area contributed by atoms with Gasteiger partial charge in [0.1, 0.15) is 0 Å². The second-order valence-electron chi connectivity index (χ2n) is 6.85. The first-order valence-corrected chi connectivity index (χ1v) is 8.93. The number of fused-ring (bicyclic) bond motifs is 2. The molecule has 1 fully saturated rings. The zero-order valence-electron chi connectivity index (χ0n) is 14.3. The van der Waals surface area contributed by atoms with Gasteiger partial charge >= 0.3 is 0 Å². The molecule has 26 heavy (non-hydrogen) atoms. The van der Waals surface area contributed by atoms with Gasteiger partial charge in [-0.15, -0.1) is 5.10 Å². The summed E-state index contributed by atoms with van der Waals surface area (Å²) in [5.74, 6) is 0.651. The molecule has 0 saturated heterocycles. The van der Waals surface area contributed by atoms with Crippen LogP contribution >= 0.6 is 0 Å². The Morgan fingerprint density at radius 3 is 2.73 bits per heavy atom. The van der Waals surface area contributed by atoms with Gasteiger partial charge in [0, 0.05) is 36.2 Å². The third-order valence-corrected chi connectivity index (χ3v) is 5.05. The first kappa shape index (κ1) is 15.3. The maximum atomic E-state index is 5.98. The molecule has 0 atom stereocenters. The Kier molecular flexibility index (Phi) is 3.56. The fourth-order valence-corrected chi connectivity index (χ4v) is 3.59. The van der Waals surface area contributed by atoms with Gasteiger partial charge < -0.3 is 11.1 Å². The number of aromatic nitrogens is 6. The summed E-state index contributed by atoms with van der Waals surface area (Å²) in [5, 5.41) is 12.6. The van der Waals surface area contributed by atoms with Gasteiger partial charge in [-0.05, 0) is 43.9 Å². The predicted molar refractivity (Wildman–Crippen MR) is 98.8 cm³/mol. The lowest BCUT2D eigenvalue weighted by atomic mass is 9.92. The Bertz CT molecular complexity index is 1060. The molecule has 1 aliphatic rings. The molecule has 0 amide bonds. The van der Waals surface area contributed by atoms with Gasteiger partial charge in [-0.1, -0.05) is 0 Å². The fraction of sp³-hybridized carbons (Fsp3) is 0.333. The molecule has 0 aliphatic heterocycles. The summed E-state index contributed by atoms with van der Waals surface area (Å²) < 4.78 is 3.61. The summed E-state index contributed by atoms with van der Waals surface area (Å²) in [7, 11) is 0. The van der Waals surface area contributed by atoms with Crippen LogP contribution < -0.4 is 11.1 Å². The molecular weight excluding hydrogens is 328 g/mol. The normalized spacial score (nSPS) is 20.7. The molecule has 1 saturated carbocycles. The van der Waals surface area contributed by atoms with Crippen LogP contribution in [0.2, 0.25) is 0 Å². The van der Waals surface area contributed by atoms with E-state index in [0.717, 1.165) is 48.1 Å². The van der Waals surface area contributed by atoms with Crippen LogP contribution in [-0.2, 0) is 0 Å². The van der Waals surface area contributed by atoms with Crippen LogP contribution in [0.5, 0.6) is 0 Å². The smallest absolute Gasteiger partial charge is 0.241 e. The van der Waals surface area contributed by atoms with Crippen LogP contribution in [0.1, 0.15) is 25.7 Å². The van der Waals surface area contributed by atoms with Crippen molar-refractivity contribution >= 4 is 17.1 Å². The number of imidazole rings is 1. The number of hydrogen-bond acceptors (Lipinski definition) is 6. The molecule has 8 nitrogen and oxygen atoms in total. The molecule has 4 aromatic rings. The van der Waals surface area contributed by atoms with Crippen LogP contribution in [0.25, 0.3) is 22.4 Å². The number of nitrogens with one attached hydrogen (secondary N) is 1. The monoisotopic (exact) mass is 348 g/mol. The van der Waals surface area contributed by atoms with E-state index < -0.39 is 0 Å². The number of nitrogens with zero attached hydrogens (tertiary/aromatic N) is 6. The molecule has 0 radical (unpaired) electrons. The van der Waals surface area contributed by atoms with Crippen molar-refractivity contribution in [3.63, 3.8) is 0 Å². The van der Waals surface area contributed by atoms with E-state index in [1.807, 2.05) is 41.3 Å². The lowest BCUT2D eigenvalue weighted by Crippen LogP contribution is -2.33. The van der Waals surface area contributed by atoms with Gasteiger partial charge in [-0.25, -0.2) is 19.0 Å². The highest BCUT2D eigenvalue weighted by molar-refractivity contribution is 5.78. The van der Waals surface area contributed by atoms with E-state index in [9.17, 15) is 0 Å². The zero-order chi connectivity index (χ0) is 17.5. The van der Waals surface area contributed by atoms with E-state index in [1.165, 1.54) is 0 Å². The summed E-state index contributed by atoms with van der Waals surface area (Å²) in [6.45, 7) is 0. The summed E-state index contributed by atoms with van der Waals surface area (Å²) in [5.41, 5.74) is 9.59. The van der Waals surface area contributed by atoms with Crippen molar-refractivity contribution in [2.24, 2.45) is 5.73 Å². The SMILES string of the molecule is N[C@H]1CC[C@H](Nc2ncc3c(-c4ccc5nccn5n4)ccn3n2)CC1. The van der Waals surface area contributed by atoms with E-state index >= 15 is 0 Å². The van der Waals surface area contributed by atoms with E-state index in [0.29, 0.717) is 18.0 Å². The van der Waals surface area contributed by atoms with Gasteiger partial charge in [0.2, 0.25) is 5.95 Å². The zero-order valence-corrected chi connectivity index (χ0v) is 14.3. The molecule has 4 aromatic heterocycles. The molecule has 3 N–H and O–H groups in total. The molecule has 0 aromatic carbocycles. The largest absolute Gasteiger partial charge is 0.350 e. The quantitative estimate of drug-likeness (QED) is 0.588. The Morgan fingerprint density at radius 1 is 0.962 bits per heavy atom. The van der Waals surface area contributed by atoms with Crippen molar-refractivity contribution in [3.8, 4) is 11.3 Å². The van der Waals surface area contributed by atoms with Gasteiger partial charge in [0.05, 0.1) is 17.4 Å². The van der Waals surface area contributed by atoms with Gasteiger partial charge in [0.25, 0.3) is 0 Å². The predicted octanol–water partition coefficient (Wildman–Crippen LogP) is 2.12. The van der Waals surface area contributed by atoms with E-state index in [1.54, 1.807) is 10.7 Å². The Balaban J connectivity index is 1.44. The van der Waals surface area contributed by atoms with Gasteiger partial charge in [-0.3, -0.25) is 0 Å². The standard InChI is InChI=1S/C18H20N8/c19-12-1-3-13(4-2-12)22-18-21-11-16-14(7-9-25(16)24-18)15-5-6-17-20-8-10-26(17)23-15/h5-13H,1-4,19H2,(H,22,24)/t12-,13-. The molecule has 5 rings (SSSR count). The summed E-state index contributed by atoms with van der Waals surface area (Å²) in [6.07, 6.45) is 11.6. The Morgan fingerprint density at radius 2 is 1.85 bits per heavy atom. The van der Waals surface area contributed by atoms with Crippen molar-refractivity contribution in [2.75, 3.05) is 5.32 Å². The average molecular weight is 348 g/mol. The van der Waals surface area contributed by atoms with Gasteiger partial charge in [-0.2, -0.15) is 5.10 Å². The minimum absolute atomic E-state index is 0.337. The van der Waals surface area contributed by atoms with Crippen molar-refractivity contribution in [1.82, 2.24) is 29.2 Å². The molecule has 132 valence electrons. The minimum Gasteiger partial charge on any atom is -0.350 e. The lowest BCUT2D eigenvalue weighted by molar-refractivity contribution is 0.409. The first-order valence-electron chi connectivity index (χ1n) is 8.93. The summed E-state index contributed by atoms with van der Waals surface area (Å²) in [4.78, 5) is 8.74. The Hall–Kier alpha value is -3.00. The van der Waals surface area contributed by atoms with Crippen molar-refractivity contribution < 1.29 is 0 Å². The molecule has 8 heteroatoms. The second-order valence-corrected chi connectivity index (χ2v) is 6.85. The number of nitrogens with two attached hydrogens (primary N) is 1. The van der Waals surface area contributed by atoms with E-state index in [-0.39, 0.29) is 0 Å². The molecule has 0 bridgehead atoms. The highest BCUT2D eigenvalue weighted by atomic mass is 15.3. The second kappa shape index (κ2) is 6.06.